The molecular formula is C16H18N4O4S. The molecule has 0 spiro atoms. The van der Waals surface area contributed by atoms with Crippen molar-refractivity contribution < 1.29 is 19.2 Å². The van der Waals surface area contributed by atoms with Gasteiger partial charge in [0.05, 0.1) is 0 Å². The lowest BCUT2D eigenvalue weighted by Gasteiger charge is -2.22. The van der Waals surface area contributed by atoms with Crippen LogP contribution >= 0.6 is 11.8 Å². The van der Waals surface area contributed by atoms with Crippen LogP contribution in [0.5, 0.6) is 0 Å². The largest absolute Gasteiger partial charge is 0.344 e. The van der Waals surface area contributed by atoms with Gasteiger partial charge in [0, 0.05) is 25.3 Å². The molecule has 0 aliphatic carbocycles. The minimum atomic E-state index is -1.23. The van der Waals surface area contributed by atoms with E-state index in [1.54, 1.807) is 36.1 Å². The lowest BCUT2D eigenvalue weighted by molar-refractivity contribution is -0.139. The van der Waals surface area contributed by atoms with E-state index in [4.69, 9.17) is 0 Å². The number of nitrogens with zero attached hydrogens (tertiary/aromatic N) is 2. The first-order valence-electron chi connectivity index (χ1n) is 7.85. The molecule has 2 heterocycles. The summed E-state index contributed by atoms with van der Waals surface area (Å²) in [4.78, 5) is 49.9. The highest BCUT2D eigenvalue weighted by Crippen LogP contribution is 2.27. The monoisotopic (exact) mass is 362 g/mol. The molecule has 2 fully saturated rings. The summed E-state index contributed by atoms with van der Waals surface area (Å²) in [7, 11) is 0. The molecule has 132 valence electrons. The number of amides is 5. The van der Waals surface area contributed by atoms with Gasteiger partial charge < -0.3 is 10.2 Å². The van der Waals surface area contributed by atoms with Crippen molar-refractivity contribution in [1.82, 2.24) is 20.7 Å². The van der Waals surface area contributed by atoms with E-state index in [1.165, 1.54) is 11.8 Å². The summed E-state index contributed by atoms with van der Waals surface area (Å²) in [5, 5.41) is 3.26. The summed E-state index contributed by atoms with van der Waals surface area (Å²) in [6.07, 6.45) is 0.0193. The molecule has 3 rings (SSSR count). The van der Waals surface area contributed by atoms with Crippen molar-refractivity contribution in [2.45, 2.75) is 18.9 Å². The number of nitrogens with one attached hydrogen (secondary N) is 2. The molecule has 8 nitrogen and oxygen atoms in total. The smallest absolute Gasteiger partial charge is 0.332 e. The second-order valence-corrected chi connectivity index (χ2v) is 6.99. The molecule has 1 atom stereocenters. The summed E-state index contributed by atoms with van der Waals surface area (Å²) >= 11 is 1.21. The van der Waals surface area contributed by atoms with Crippen LogP contribution in [0.2, 0.25) is 0 Å². The molecular weight excluding hydrogens is 344 g/mol. The lowest BCUT2D eigenvalue weighted by Crippen LogP contribution is -2.48. The van der Waals surface area contributed by atoms with Gasteiger partial charge in [0.25, 0.3) is 11.1 Å². The average Bonchev–Trinajstić information content (AvgIpc) is 3.11. The summed E-state index contributed by atoms with van der Waals surface area (Å²) < 4.78 is 0. The fourth-order valence-electron chi connectivity index (χ4n) is 2.75. The molecule has 2 aliphatic rings. The maximum Gasteiger partial charge on any atom is 0.344 e. The van der Waals surface area contributed by atoms with Gasteiger partial charge in [-0.3, -0.25) is 19.8 Å². The van der Waals surface area contributed by atoms with Crippen LogP contribution < -0.4 is 10.7 Å². The highest BCUT2D eigenvalue weighted by Gasteiger charge is 2.49. The Morgan fingerprint density at radius 1 is 1.28 bits per heavy atom. The highest BCUT2D eigenvalue weighted by molar-refractivity contribution is 8.13. The van der Waals surface area contributed by atoms with Gasteiger partial charge in [-0.05, 0) is 12.5 Å². The predicted molar refractivity (Wildman–Crippen MR) is 91.4 cm³/mol. The van der Waals surface area contributed by atoms with Crippen molar-refractivity contribution in [3.8, 4) is 0 Å². The van der Waals surface area contributed by atoms with Crippen LogP contribution in [0.15, 0.2) is 30.3 Å². The molecule has 2 saturated heterocycles. The Hall–Kier alpha value is -2.55. The summed E-state index contributed by atoms with van der Waals surface area (Å²) in [5.74, 6) is -0.335. The number of imide groups is 1. The molecule has 2 N–H and O–H groups in total. The lowest BCUT2D eigenvalue weighted by atomic mass is 9.92. The second-order valence-electron chi connectivity index (χ2n) is 5.95. The van der Waals surface area contributed by atoms with Crippen molar-refractivity contribution in [3.63, 3.8) is 0 Å². The Bertz CT molecular complexity index is 726. The molecule has 2 aliphatic heterocycles. The molecule has 9 heteroatoms. The van der Waals surface area contributed by atoms with Crippen LogP contribution in [-0.2, 0) is 15.1 Å². The topological polar surface area (TPSA) is 98.8 Å². The maximum atomic E-state index is 12.6. The molecule has 25 heavy (non-hydrogen) atoms. The second kappa shape index (κ2) is 6.75. The molecule has 1 aromatic rings. The van der Waals surface area contributed by atoms with E-state index in [-0.39, 0.29) is 18.2 Å². The standard InChI is InChI=1S/C16H18N4O4S/c1-16(11-5-3-2-4-6-11)13(22)20(14(23)17-16)18-12(21)7-8-19-9-10-25-15(19)24/h2-6H,7-10H2,1H3,(H,17,23)(H,18,21). The number of hydrogen-bond acceptors (Lipinski definition) is 5. The van der Waals surface area contributed by atoms with E-state index in [0.29, 0.717) is 22.9 Å². The number of urea groups is 1. The van der Waals surface area contributed by atoms with Gasteiger partial charge in [-0.1, -0.05) is 42.1 Å². The van der Waals surface area contributed by atoms with E-state index in [0.717, 1.165) is 0 Å². The van der Waals surface area contributed by atoms with Crippen LogP contribution in [-0.4, -0.2) is 51.8 Å². The number of carbonyl (C=O) groups excluding carboxylic acids is 4. The SMILES string of the molecule is CC1(c2ccccc2)NC(=O)N(NC(=O)CCN2CCSC2=O)C1=O. The maximum absolute atomic E-state index is 12.6. The predicted octanol–water partition coefficient (Wildman–Crippen LogP) is 1.04. The van der Waals surface area contributed by atoms with Crippen molar-refractivity contribution >= 4 is 34.8 Å². The molecule has 0 radical (unpaired) electrons. The number of rotatable bonds is 5. The Morgan fingerprint density at radius 2 is 2.00 bits per heavy atom. The number of carbonyl (C=O) groups is 4. The number of hydrogen-bond donors (Lipinski definition) is 2. The molecule has 5 amide bonds. The molecule has 0 aromatic heterocycles. The fraction of sp³-hybridized carbons (Fsp3) is 0.375. The summed E-state index contributed by atoms with van der Waals surface area (Å²) in [5.41, 5.74) is 1.73. The summed E-state index contributed by atoms with van der Waals surface area (Å²) in [6, 6.07) is 8.14. The molecule has 1 aromatic carbocycles. The van der Waals surface area contributed by atoms with Gasteiger partial charge in [0.2, 0.25) is 5.91 Å². The van der Waals surface area contributed by atoms with Crippen molar-refractivity contribution in [3.05, 3.63) is 35.9 Å². The first kappa shape index (κ1) is 17.3. The fourth-order valence-corrected chi connectivity index (χ4v) is 3.61. The van der Waals surface area contributed by atoms with Crippen LogP contribution in [0.25, 0.3) is 0 Å². The van der Waals surface area contributed by atoms with Gasteiger partial charge in [0.1, 0.15) is 5.54 Å². The summed E-state index contributed by atoms with van der Waals surface area (Å²) in [6.45, 7) is 2.46. The van der Waals surface area contributed by atoms with Crippen LogP contribution in [0.1, 0.15) is 18.9 Å². The number of benzene rings is 1. The van der Waals surface area contributed by atoms with Gasteiger partial charge >= 0.3 is 6.03 Å². The first-order valence-corrected chi connectivity index (χ1v) is 8.84. The third kappa shape index (κ3) is 3.32. The molecule has 1 unspecified atom stereocenters. The quantitative estimate of drug-likeness (QED) is 0.763. The molecule has 0 bridgehead atoms. The van der Waals surface area contributed by atoms with Crippen LogP contribution in [0.3, 0.4) is 0 Å². The van der Waals surface area contributed by atoms with Gasteiger partial charge in [0.15, 0.2) is 0 Å². The Morgan fingerprint density at radius 3 is 2.64 bits per heavy atom. The van der Waals surface area contributed by atoms with Crippen molar-refractivity contribution in [1.29, 1.82) is 0 Å². The van der Waals surface area contributed by atoms with Crippen LogP contribution in [0, 0.1) is 0 Å². The minimum Gasteiger partial charge on any atom is -0.332 e. The zero-order chi connectivity index (χ0) is 18.0. The van der Waals surface area contributed by atoms with E-state index < -0.39 is 23.4 Å². The Kier molecular flexibility index (Phi) is 4.67. The highest BCUT2D eigenvalue weighted by atomic mass is 32.2. The first-order chi connectivity index (χ1) is 11.9. The van der Waals surface area contributed by atoms with Gasteiger partial charge in [-0.15, -0.1) is 0 Å². The average molecular weight is 362 g/mol. The van der Waals surface area contributed by atoms with E-state index >= 15 is 0 Å². The normalized spacial score (nSPS) is 23.2. The zero-order valence-electron chi connectivity index (χ0n) is 13.7. The van der Waals surface area contributed by atoms with Crippen molar-refractivity contribution in [2.75, 3.05) is 18.8 Å². The van der Waals surface area contributed by atoms with Gasteiger partial charge in [-0.2, -0.15) is 5.01 Å². The van der Waals surface area contributed by atoms with Crippen molar-refractivity contribution in [2.24, 2.45) is 0 Å². The van der Waals surface area contributed by atoms with Crippen LogP contribution in [0.4, 0.5) is 9.59 Å². The third-order valence-electron chi connectivity index (χ3n) is 4.23. The number of hydrazine groups is 1. The van der Waals surface area contributed by atoms with Gasteiger partial charge in [-0.25, -0.2) is 4.79 Å². The van der Waals surface area contributed by atoms with E-state index in [9.17, 15) is 19.2 Å². The van der Waals surface area contributed by atoms with E-state index in [1.807, 2.05) is 6.07 Å². The minimum absolute atomic E-state index is 0.0193. The number of thioether (sulfide) groups is 1. The van der Waals surface area contributed by atoms with E-state index in [2.05, 4.69) is 10.7 Å². The zero-order valence-corrected chi connectivity index (χ0v) is 14.5. The molecule has 0 saturated carbocycles. The Balaban J connectivity index is 1.63. The Labute approximate surface area is 148 Å². The third-order valence-corrected chi connectivity index (χ3v) is 5.12.